The molecule has 1 heterocycles. The molecule has 1 N–H and O–H groups in total. The van der Waals surface area contributed by atoms with Gasteiger partial charge in [0.25, 0.3) is 0 Å². The molecule has 0 fully saturated rings. The lowest BCUT2D eigenvalue weighted by atomic mass is 10.1. The Labute approximate surface area is 107 Å². The zero-order chi connectivity index (χ0) is 12.3. The molecule has 2 rings (SSSR count). The van der Waals surface area contributed by atoms with Crippen LogP contribution < -0.4 is 5.36 Å². The second-order valence-corrected chi connectivity index (χ2v) is 4.60. The molecule has 0 spiro atoms. The number of hydrogen-bond donors (Lipinski definition) is 1. The van der Waals surface area contributed by atoms with E-state index in [1.165, 1.54) is 0 Å². The lowest BCUT2D eigenvalue weighted by Crippen LogP contribution is -2.12. The highest BCUT2D eigenvalue weighted by Gasteiger charge is 2.05. The van der Waals surface area contributed by atoms with Gasteiger partial charge >= 0.3 is 0 Å². The van der Waals surface area contributed by atoms with E-state index in [-0.39, 0.29) is 5.78 Å². The Bertz CT molecular complexity index is 567. The highest BCUT2D eigenvalue weighted by Crippen LogP contribution is 2.11. The van der Waals surface area contributed by atoms with Crippen molar-refractivity contribution in [2.45, 2.75) is 6.54 Å². The molecule has 3 nitrogen and oxygen atoms in total. The van der Waals surface area contributed by atoms with Crippen molar-refractivity contribution >= 4 is 21.7 Å². The Kier molecular flexibility index (Phi) is 3.54. The molecule has 17 heavy (non-hydrogen) atoms. The van der Waals surface area contributed by atoms with E-state index in [0.29, 0.717) is 17.5 Å². The van der Waals surface area contributed by atoms with Gasteiger partial charge in [-0.15, -0.1) is 0 Å². The first-order valence-electron chi connectivity index (χ1n) is 5.14. The third-order valence-electron chi connectivity index (χ3n) is 2.38. The Morgan fingerprint density at radius 3 is 2.29 bits per heavy atom. The average Bonchev–Trinajstić information content (AvgIpc) is 2.33. The monoisotopic (exact) mass is 290 g/mol. The summed E-state index contributed by atoms with van der Waals surface area (Å²) < 4.78 is 2.72. The van der Waals surface area contributed by atoms with Gasteiger partial charge in [-0.3, -0.25) is 4.79 Å². The van der Waals surface area contributed by atoms with Crippen molar-refractivity contribution in [3.63, 3.8) is 0 Å². The van der Waals surface area contributed by atoms with Crippen molar-refractivity contribution in [3.8, 4) is 0 Å². The molecule has 0 saturated heterocycles. The van der Waals surface area contributed by atoms with Crippen LogP contribution in [0.1, 0.15) is 10.4 Å². The fourth-order valence-electron chi connectivity index (χ4n) is 1.46. The number of aromatic nitrogens is 1. The van der Waals surface area contributed by atoms with Gasteiger partial charge in [0.2, 0.25) is 0 Å². The predicted octanol–water partition coefficient (Wildman–Crippen LogP) is 2.61. The number of carbonyl (C=O) groups excluding carboxylic acids is 1. The van der Waals surface area contributed by atoms with Crippen LogP contribution in [0.25, 0.3) is 0 Å². The fraction of sp³-hybridized carbons (Fsp3) is 0.0769. The molecule has 0 unspecified atom stereocenters. The number of rotatable bonds is 3. The largest absolute Gasteiger partial charge is 0.346 e. The Morgan fingerprint density at radius 2 is 1.71 bits per heavy atom. The van der Waals surface area contributed by atoms with E-state index in [1.807, 2.05) is 12.1 Å². The number of Topliss-reactive ketones (excluding diaryl/α,β-unsaturated/α-hetero) is 1. The molecule has 0 atom stereocenters. The summed E-state index contributed by atoms with van der Waals surface area (Å²) >= 11 is 3.33. The van der Waals surface area contributed by atoms with Crippen LogP contribution in [0.15, 0.2) is 53.3 Å². The van der Waals surface area contributed by atoms with Gasteiger partial charge in [-0.1, -0.05) is 28.1 Å². The maximum atomic E-state index is 11.9. The summed E-state index contributed by atoms with van der Waals surface area (Å²) in [7, 11) is 0. The number of halogens is 1. The third kappa shape index (κ3) is 3.14. The zero-order valence-electron chi connectivity index (χ0n) is 9.06. The first-order chi connectivity index (χ1) is 8.15. The Morgan fingerprint density at radius 1 is 1.12 bits per heavy atom. The quantitative estimate of drug-likeness (QED) is 0.868. The topological polar surface area (TPSA) is 45.9 Å². The second kappa shape index (κ2) is 5.10. The van der Waals surface area contributed by atoms with Crippen LogP contribution in [0.5, 0.6) is 0 Å². The molecule has 0 aliphatic rings. The summed E-state index contributed by atoms with van der Waals surface area (Å²) in [6, 6.07) is 10.6. The van der Waals surface area contributed by atoms with Crippen molar-refractivity contribution < 1.29 is 4.79 Å². The van der Waals surface area contributed by atoms with Gasteiger partial charge in [0.15, 0.2) is 5.78 Å². The van der Waals surface area contributed by atoms with Gasteiger partial charge in [0.05, 0.1) is 11.9 Å². The minimum Gasteiger partial charge on any atom is -0.346 e. The van der Waals surface area contributed by atoms with Crippen LogP contribution in [-0.4, -0.2) is 10.4 Å². The van der Waals surface area contributed by atoms with E-state index >= 15 is 0 Å². The van der Waals surface area contributed by atoms with E-state index in [2.05, 4.69) is 15.9 Å². The highest BCUT2D eigenvalue weighted by atomic mass is 79.9. The normalized spacial score (nSPS) is 10.2. The van der Waals surface area contributed by atoms with Crippen molar-refractivity contribution in [2.24, 2.45) is 0 Å². The maximum absolute atomic E-state index is 11.9. The van der Waals surface area contributed by atoms with Gasteiger partial charge in [0, 0.05) is 22.4 Å². The lowest BCUT2D eigenvalue weighted by Gasteiger charge is -2.05. The predicted molar refractivity (Wildman–Crippen MR) is 68.8 cm³/mol. The SMILES string of the molecule is N=c1ccn(CC(=O)c2ccc(Br)cc2)cc1. The summed E-state index contributed by atoms with van der Waals surface area (Å²) in [5, 5.41) is 7.80. The second-order valence-electron chi connectivity index (χ2n) is 3.69. The smallest absolute Gasteiger partial charge is 0.182 e. The molecule has 0 bridgehead atoms. The molecule has 86 valence electrons. The number of pyridine rings is 1. The lowest BCUT2D eigenvalue weighted by molar-refractivity contribution is 0.0972. The minimum absolute atomic E-state index is 0.0558. The van der Waals surface area contributed by atoms with E-state index in [0.717, 1.165) is 4.47 Å². The molecule has 1 aromatic heterocycles. The Hall–Kier alpha value is -1.68. The summed E-state index contributed by atoms with van der Waals surface area (Å²) in [5.41, 5.74) is 0.690. The third-order valence-corrected chi connectivity index (χ3v) is 2.91. The summed E-state index contributed by atoms with van der Waals surface area (Å²) in [5.74, 6) is 0.0558. The standard InChI is InChI=1S/C13H11BrN2O/c14-11-3-1-10(2-4-11)13(17)9-16-7-5-12(15)6-8-16/h1-8,15H,9H2. The molecule has 0 radical (unpaired) electrons. The van der Waals surface area contributed by atoms with Crippen molar-refractivity contribution in [1.29, 1.82) is 5.41 Å². The Balaban J connectivity index is 2.14. The molecule has 0 aliphatic heterocycles. The molecule has 0 amide bonds. The molecule has 1 aromatic carbocycles. The number of ketones is 1. The van der Waals surface area contributed by atoms with Gasteiger partial charge in [-0.2, -0.15) is 0 Å². The molecular weight excluding hydrogens is 280 g/mol. The highest BCUT2D eigenvalue weighted by molar-refractivity contribution is 9.10. The van der Waals surface area contributed by atoms with E-state index in [1.54, 1.807) is 41.2 Å². The summed E-state index contributed by atoms with van der Waals surface area (Å²) in [4.78, 5) is 11.9. The maximum Gasteiger partial charge on any atom is 0.182 e. The molecular formula is C13H11BrN2O. The molecule has 2 aromatic rings. The van der Waals surface area contributed by atoms with Gasteiger partial charge in [-0.25, -0.2) is 0 Å². The van der Waals surface area contributed by atoms with Gasteiger partial charge < -0.3 is 9.98 Å². The average molecular weight is 291 g/mol. The van der Waals surface area contributed by atoms with Crippen LogP contribution in [0.2, 0.25) is 0 Å². The fourth-order valence-corrected chi connectivity index (χ4v) is 1.72. The van der Waals surface area contributed by atoms with Gasteiger partial charge in [-0.05, 0) is 24.3 Å². The van der Waals surface area contributed by atoms with E-state index in [9.17, 15) is 4.79 Å². The summed E-state index contributed by atoms with van der Waals surface area (Å²) in [6.45, 7) is 0.294. The molecule has 4 heteroatoms. The van der Waals surface area contributed by atoms with Crippen LogP contribution >= 0.6 is 15.9 Å². The van der Waals surface area contributed by atoms with Crippen LogP contribution in [-0.2, 0) is 6.54 Å². The van der Waals surface area contributed by atoms with Crippen molar-refractivity contribution in [3.05, 3.63) is 64.2 Å². The number of hydrogen-bond acceptors (Lipinski definition) is 2. The van der Waals surface area contributed by atoms with Crippen molar-refractivity contribution in [1.82, 2.24) is 4.57 Å². The number of nitrogens with one attached hydrogen (secondary N) is 1. The number of nitrogens with zero attached hydrogens (tertiary/aromatic N) is 1. The minimum atomic E-state index is 0.0558. The number of benzene rings is 1. The molecule has 0 saturated carbocycles. The number of carbonyl (C=O) groups is 1. The van der Waals surface area contributed by atoms with Crippen molar-refractivity contribution in [2.75, 3.05) is 0 Å². The van der Waals surface area contributed by atoms with Gasteiger partial charge in [0.1, 0.15) is 0 Å². The summed E-state index contributed by atoms with van der Waals surface area (Å²) in [6.07, 6.45) is 3.47. The first kappa shape index (κ1) is 11.8. The van der Waals surface area contributed by atoms with Crippen LogP contribution in [0.4, 0.5) is 0 Å². The van der Waals surface area contributed by atoms with Crippen LogP contribution in [0, 0.1) is 5.41 Å². The van der Waals surface area contributed by atoms with Crippen LogP contribution in [0.3, 0.4) is 0 Å². The molecule has 0 aliphatic carbocycles. The zero-order valence-corrected chi connectivity index (χ0v) is 10.6. The first-order valence-corrected chi connectivity index (χ1v) is 5.94. The van der Waals surface area contributed by atoms with E-state index < -0.39 is 0 Å². The van der Waals surface area contributed by atoms with E-state index in [4.69, 9.17) is 5.41 Å².